The van der Waals surface area contributed by atoms with Crippen LogP contribution in [0.3, 0.4) is 0 Å². The second-order valence-electron chi connectivity index (χ2n) is 6.60. The molecule has 1 fully saturated rings. The number of rotatable bonds is 5. The van der Waals surface area contributed by atoms with Crippen molar-refractivity contribution >= 4 is 11.9 Å². The van der Waals surface area contributed by atoms with Crippen LogP contribution in [-0.4, -0.2) is 50.5 Å². The van der Waals surface area contributed by atoms with Crippen molar-refractivity contribution in [1.29, 1.82) is 0 Å². The number of fused-ring (bicyclic) bond motifs is 1. The van der Waals surface area contributed by atoms with Crippen LogP contribution in [0.1, 0.15) is 18.4 Å². The Morgan fingerprint density at radius 2 is 2.12 bits per heavy atom. The number of ether oxygens (including phenoxy) is 3. The Kier molecular flexibility index (Phi) is 5.13. The Morgan fingerprint density at radius 1 is 1.36 bits per heavy atom. The van der Waals surface area contributed by atoms with Crippen LogP contribution < -0.4 is 14.8 Å². The summed E-state index contributed by atoms with van der Waals surface area (Å²) in [6, 6.07) is 5.52. The lowest BCUT2D eigenvalue weighted by Gasteiger charge is -2.34. The normalized spacial score (nSPS) is 21.6. The number of nitrogens with one attached hydrogen (secondary N) is 1. The second kappa shape index (κ2) is 7.31. The van der Waals surface area contributed by atoms with E-state index in [0.717, 1.165) is 17.1 Å². The van der Waals surface area contributed by atoms with E-state index in [4.69, 9.17) is 14.2 Å². The molecular weight excluding hydrogens is 326 g/mol. The van der Waals surface area contributed by atoms with Crippen molar-refractivity contribution in [2.24, 2.45) is 11.3 Å². The van der Waals surface area contributed by atoms with Gasteiger partial charge in [-0.15, -0.1) is 0 Å². The zero-order valence-electron chi connectivity index (χ0n) is 14.2. The molecule has 1 unspecified atom stereocenters. The lowest BCUT2D eigenvalue weighted by atomic mass is 9.80. The van der Waals surface area contributed by atoms with Gasteiger partial charge in [0.05, 0.1) is 18.4 Å². The highest BCUT2D eigenvalue weighted by molar-refractivity contribution is 5.81. The predicted molar refractivity (Wildman–Crippen MR) is 88.8 cm³/mol. The van der Waals surface area contributed by atoms with Crippen LogP contribution in [0.2, 0.25) is 0 Å². The van der Waals surface area contributed by atoms with E-state index in [1.54, 1.807) is 7.11 Å². The van der Waals surface area contributed by atoms with E-state index in [-0.39, 0.29) is 25.0 Å². The summed E-state index contributed by atoms with van der Waals surface area (Å²) in [5, 5.41) is 12.4. The van der Waals surface area contributed by atoms with E-state index in [0.29, 0.717) is 32.5 Å². The van der Waals surface area contributed by atoms with Gasteiger partial charge in [-0.25, -0.2) is 0 Å². The number of amides is 1. The fourth-order valence-electron chi connectivity index (χ4n) is 3.30. The van der Waals surface area contributed by atoms with Crippen molar-refractivity contribution in [3.8, 4) is 11.5 Å². The fraction of sp³-hybridized carbons (Fsp3) is 0.556. The maximum Gasteiger partial charge on any atom is 0.311 e. The monoisotopic (exact) mass is 349 g/mol. The van der Waals surface area contributed by atoms with E-state index in [1.807, 2.05) is 18.2 Å². The third kappa shape index (κ3) is 3.71. The third-order valence-corrected chi connectivity index (χ3v) is 5.05. The number of methoxy groups -OCH3 is 1. The smallest absolute Gasteiger partial charge is 0.311 e. The molecule has 0 aliphatic carbocycles. The first-order valence-corrected chi connectivity index (χ1v) is 8.43. The topological polar surface area (TPSA) is 94.1 Å². The molecule has 1 atom stereocenters. The summed E-state index contributed by atoms with van der Waals surface area (Å²) in [4.78, 5) is 24.2. The second-order valence-corrected chi connectivity index (χ2v) is 6.60. The molecule has 1 amide bonds. The zero-order valence-corrected chi connectivity index (χ0v) is 14.2. The number of hydrogen-bond donors (Lipinski definition) is 2. The van der Waals surface area contributed by atoms with E-state index < -0.39 is 11.4 Å². The van der Waals surface area contributed by atoms with Crippen LogP contribution in [0.25, 0.3) is 0 Å². The minimum Gasteiger partial charge on any atom is -0.497 e. The summed E-state index contributed by atoms with van der Waals surface area (Å²) in [7, 11) is 1.59. The van der Waals surface area contributed by atoms with Gasteiger partial charge >= 0.3 is 5.97 Å². The Bertz CT molecular complexity index is 653. The van der Waals surface area contributed by atoms with Crippen molar-refractivity contribution in [3.05, 3.63) is 23.8 Å². The quantitative estimate of drug-likeness (QED) is 0.831. The van der Waals surface area contributed by atoms with Gasteiger partial charge in [0.1, 0.15) is 18.1 Å². The molecular formula is C18H23NO6. The van der Waals surface area contributed by atoms with Crippen LogP contribution in [0.15, 0.2) is 18.2 Å². The number of carboxylic acid groups (broad SMARTS) is 1. The highest BCUT2D eigenvalue weighted by Crippen LogP contribution is 2.32. The molecule has 136 valence electrons. The number of aliphatic carboxylic acids is 1. The van der Waals surface area contributed by atoms with Crippen LogP contribution in [0.5, 0.6) is 11.5 Å². The summed E-state index contributed by atoms with van der Waals surface area (Å²) in [6.45, 7) is 1.21. The fourth-order valence-corrected chi connectivity index (χ4v) is 3.30. The van der Waals surface area contributed by atoms with E-state index in [2.05, 4.69) is 5.32 Å². The van der Waals surface area contributed by atoms with Gasteiger partial charge < -0.3 is 24.6 Å². The number of carbonyl (C=O) groups excluding carboxylic acids is 1. The molecule has 0 radical (unpaired) electrons. The highest BCUT2D eigenvalue weighted by Gasteiger charge is 2.41. The third-order valence-electron chi connectivity index (χ3n) is 5.05. The van der Waals surface area contributed by atoms with Gasteiger partial charge in [-0.2, -0.15) is 0 Å². The molecule has 2 heterocycles. The predicted octanol–water partition coefficient (Wildman–Crippen LogP) is 1.24. The highest BCUT2D eigenvalue weighted by atomic mass is 16.5. The molecule has 1 aromatic carbocycles. The number of hydrogen-bond acceptors (Lipinski definition) is 5. The molecule has 3 rings (SSSR count). The number of carboxylic acids is 1. The maximum atomic E-state index is 12.5. The number of benzene rings is 1. The van der Waals surface area contributed by atoms with Crippen LogP contribution >= 0.6 is 0 Å². The average molecular weight is 349 g/mol. The van der Waals surface area contributed by atoms with Crippen LogP contribution in [0.4, 0.5) is 0 Å². The molecule has 7 heteroatoms. The SMILES string of the molecule is COc1ccc2c(c1)CC(C(=O)NCC1(C(=O)O)CCOCC1)CO2. The van der Waals surface area contributed by atoms with Gasteiger partial charge in [-0.1, -0.05) is 0 Å². The maximum absolute atomic E-state index is 12.5. The standard InChI is InChI=1S/C18H23NO6/c1-23-14-2-3-15-12(9-14)8-13(10-25-15)16(20)19-11-18(17(21)22)4-6-24-7-5-18/h2-3,9,13H,4-8,10-11H2,1H3,(H,19,20)(H,21,22). The lowest BCUT2D eigenvalue weighted by Crippen LogP contribution is -2.48. The summed E-state index contributed by atoms with van der Waals surface area (Å²) >= 11 is 0. The minimum absolute atomic E-state index is 0.117. The molecule has 0 spiro atoms. The van der Waals surface area contributed by atoms with Gasteiger partial charge in [0.15, 0.2) is 0 Å². The largest absolute Gasteiger partial charge is 0.497 e. The summed E-state index contributed by atoms with van der Waals surface area (Å²) in [5.74, 6) is 0.0729. The van der Waals surface area contributed by atoms with E-state index in [1.165, 1.54) is 0 Å². The van der Waals surface area contributed by atoms with Crippen molar-refractivity contribution < 1.29 is 28.9 Å². The van der Waals surface area contributed by atoms with Gasteiger partial charge in [0.2, 0.25) is 5.91 Å². The van der Waals surface area contributed by atoms with Crippen molar-refractivity contribution in [2.45, 2.75) is 19.3 Å². The average Bonchev–Trinajstić information content (AvgIpc) is 2.65. The van der Waals surface area contributed by atoms with Gasteiger partial charge in [-0.05, 0) is 43.0 Å². The molecule has 2 aliphatic rings. The van der Waals surface area contributed by atoms with Crippen molar-refractivity contribution in [2.75, 3.05) is 33.5 Å². The van der Waals surface area contributed by atoms with Crippen LogP contribution in [0, 0.1) is 11.3 Å². The van der Waals surface area contributed by atoms with Gasteiger partial charge in [0, 0.05) is 19.8 Å². The first kappa shape index (κ1) is 17.5. The Balaban J connectivity index is 1.62. The Hall–Kier alpha value is -2.28. The molecule has 25 heavy (non-hydrogen) atoms. The summed E-state index contributed by atoms with van der Waals surface area (Å²) in [6.07, 6.45) is 1.36. The molecule has 0 bridgehead atoms. The lowest BCUT2D eigenvalue weighted by molar-refractivity contribution is -0.154. The molecule has 1 aromatic rings. The van der Waals surface area contributed by atoms with Gasteiger partial charge in [0.25, 0.3) is 0 Å². The molecule has 0 aromatic heterocycles. The van der Waals surface area contributed by atoms with Crippen molar-refractivity contribution in [1.82, 2.24) is 5.32 Å². The van der Waals surface area contributed by atoms with E-state index in [9.17, 15) is 14.7 Å². The number of carbonyl (C=O) groups is 2. The Morgan fingerprint density at radius 3 is 2.80 bits per heavy atom. The zero-order chi connectivity index (χ0) is 17.9. The molecule has 2 N–H and O–H groups in total. The summed E-state index contributed by atoms with van der Waals surface area (Å²) in [5.41, 5.74) is -0.0188. The van der Waals surface area contributed by atoms with Gasteiger partial charge in [-0.3, -0.25) is 9.59 Å². The van der Waals surface area contributed by atoms with E-state index >= 15 is 0 Å². The first-order chi connectivity index (χ1) is 12.0. The molecule has 2 aliphatic heterocycles. The van der Waals surface area contributed by atoms with Crippen LogP contribution in [-0.2, 0) is 20.7 Å². The minimum atomic E-state index is -0.940. The Labute approximate surface area is 146 Å². The first-order valence-electron chi connectivity index (χ1n) is 8.43. The van der Waals surface area contributed by atoms with Crippen molar-refractivity contribution in [3.63, 3.8) is 0 Å². The molecule has 1 saturated heterocycles. The molecule has 0 saturated carbocycles. The summed E-state index contributed by atoms with van der Waals surface area (Å²) < 4.78 is 16.1. The molecule has 7 nitrogen and oxygen atoms in total.